The summed E-state index contributed by atoms with van der Waals surface area (Å²) in [5.41, 5.74) is 0.294. The molecule has 1 N–H and O–H groups in total. The van der Waals surface area contributed by atoms with Crippen LogP contribution in [-0.4, -0.2) is 35.7 Å². The molecule has 2 heterocycles. The molecule has 0 amide bonds. The zero-order chi connectivity index (χ0) is 13.1. The first kappa shape index (κ1) is 13.7. The first-order valence-corrected chi connectivity index (χ1v) is 8.85. The van der Waals surface area contributed by atoms with Gasteiger partial charge in [0.25, 0.3) is 0 Å². The number of hydrogen-bond donors (Lipinski definition) is 1. The highest BCUT2D eigenvalue weighted by molar-refractivity contribution is 8.14. The maximum Gasteiger partial charge on any atom is 0.157 e. The van der Waals surface area contributed by atoms with E-state index in [1.165, 1.54) is 43.0 Å². The normalized spacial score (nSPS) is 36.6. The Labute approximate surface area is 121 Å². The molecule has 108 valence electrons. The van der Waals surface area contributed by atoms with E-state index in [0.29, 0.717) is 11.6 Å². The Bertz CT molecular complexity index is 331. The van der Waals surface area contributed by atoms with Crippen molar-refractivity contribution in [2.75, 3.05) is 19.0 Å². The van der Waals surface area contributed by atoms with Crippen LogP contribution in [0.1, 0.15) is 51.9 Å². The molecule has 0 unspecified atom stereocenters. The smallest absolute Gasteiger partial charge is 0.157 e. The van der Waals surface area contributed by atoms with Crippen molar-refractivity contribution in [2.45, 2.75) is 63.5 Å². The van der Waals surface area contributed by atoms with E-state index in [1.807, 2.05) is 11.8 Å². The quantitative estimate of drug-likeness (QED) is 0.844. The lowest BCUT2D eigenvalue weighted by atomic mass is 9.85. The molecule has 1 spiro atoms. The van der Waals surface area contributed by atoms with Crippen LogP contribution in [0.15, 0.2) is 4.99 Å². The van der Waals surface area contributed by atoms with Gasteiger partial charge in [-0.3, -0.25) is 4.99 Å². The van der Waals surface area contributed by atoms with Gasteiger partial charge >= 0.3 is 0 Å². The van der Waals surface area contributed by atoms with E-state index in [4.69, 9.17) is 9.73 Å². The molecule has 3 aliphatic rings. The molecule has 2 aliphatic heterocycles. The molecular weight excluding hydrogens is 256 g/mol. The number of aliphatic imine (C=N–C) groups is 1. The second kappa shape index (κ2) is 6.04. The SMILES string of the molecule is CCC1CCC(N=C2NC3(CCOCC3)CS2)CC1. The Morgan fingerprint density at radius 1 is 1.26 bits per heavy atom. The minimum Gasteiger partial charge on any atom is -0.381 e. The summed E-state index contributed by atoms with van der Waals surface area (Å²) in [7, 11) is 0. The topological polar surface area (TPSA) is 33.6 Å². The van der Waals surface area contributed by atoms with E-state index in [-0.39, 0.29) is 0 Å². The number of nitrogens with zero attached hydrogens (tertiary/aromatic N) is 1. The van der Waals surface area contributed by atoms with Crippen LogP contribution < -0.4 is 5.32 Å². The Balaban J connectivity index is 1.54. The van der Waals surface area contributed by atoms with Gasteiger partial charge in [0.2, 0.25) is 0 Å². The lowest BCUT2D eigenvalue weighted by molar-refractivity contribution is 0.0555. The van der Waals surface area contributed by atoms with Crippen molar-refractivity contribution in [3.63, 3.8) is 0 Å². The molecule has 0 radical (unpaired) electrons. The lowest BCUT2D eigenvalue weighted by Crippen LogP contribution is -2.48. The Morgan fingerprint density at radius 2 is 2.00 bits per heavy atom. The summed E-state index contributed by atoms with van der Waals surface area (Å²) >= 11 is 1.93. The molecule has 2 saturated heterocycles. The molecule has 19 heavy (non-hydrogen) atoms. The van der Waals surface area contributed by atoms with Gasteiger partial charge in [0.05, 0.1) is 11.6 Å². The summed E-state index contributed by atoms with van der Waals surface area (Å²) in [6, 6.07) is 0.577. The summed E-state index contributed by atoms with van der Waals surface area (Å²) in [5.74, 6) is 2.14. The summed E-state index contributed by atoms with van der Waals surface area (Å²) in [6.45, 7) is 4.13. The molecule has 3 rings (SSSR count). The Hall–Kier alpha value is -0.220. The molecule has 1 saturated carbocycles. The van der Waals surface area contributed by atoms with Gasteiger partial charge in [0.15, 0.2) is 5.17 Å². The van der Waals surface area contributed by atoms with E-state index in [9.17, 15) is 0 Å². The van der Waals surface area contributed by atoms with Gasteiger partial charge in [-0.05, 0) is 44.4 Å². The van der Waals surface area contributed by atoms with Crippen LogP contribution in [0.2, 0.25) is 0 Å². The lowest BCUT2D eigenvalue weighted by Gasteiger charge is -2.33. The minimum atomic E-state index is 0.294. The summed E-state index contributed by atoms with van der Waals surface area (Å²) in [4.78, 5) is 4.98. The van der Waals surface area contributed by atoms with Gasteiger partial charge < -0.3 is 10.1 Å². The van der Waals surface area contributed by atoms with E-state index in [2.05, 4.69) is 12.2 Å². The molecule has 4 heteroatoms. The first-order chi connectivity index (χ1) is 9.30. The monoisotopic (exact) mass is 282 g/mol. The number of amidine groups is 1. The molecule has 0 aromatic carbocycles. The average Bonchev–Trinajstić information content (AvgIpc) is 2.83. The third-order valence-electron chi connectivity index (χ3n) is 5.00. The summed E-state index contributed by atoms with van der Waals surface area (Å²) < 4.78 is 5.48. The summed E-state index contributed by atoms with van der Waals surface area (Å²) in [6.07, 6.45) is 8.96. The second-order valence-electron chi connectivity index (χ2n) is 6.32. The molecular formula is C15H26N2OS. The number of rotatable bonds is 2. The Kier molecular flexibility index (Phi) is 4.37. The third-order valence-corrected chi connectivity index (χ3v) is 6.18. The second-order valence-corrected chi connectivity index (χ2v) is 7.29. The molecule has 0 bridgehead atoms. The van der Waals surface area contributed by atoms with Crippen LogP contribution in [0.5, 0.6) is 0 Å². The average molecular weight is 282 g/mol. The van der Waals surface area contributed by atoms with Crippen molar-refractivity contribution in [1.82, 2.24) is 5.32 Å². The third kappa shape index (κ3) is 3.27. The fourth-order valence-electron chi connectivity index (χ4n) is 3.45. The highest BCUT2D eigenvalue weighted by atomic mass is 32.2. The van der Waals surface area contributed by atoms with Gasteiger partial charge in [-0.2, -0.15) is 0 Å². The van der Waals surface area contributed by atoms with Gasteiger partial charge in [-0.25, -0.2) is 0 Å². The van der Waals surface area contributed by atoms with Crippen LogP contribution in [0.25, 0.3) is 0 Å². The van der Waals surface area contributed by atoms with E-state index < -0.39 is 0 Å². The zero-order valence-electron chi connectivity index (χ0n) is 12.0. The first-order valence-electron chi connectivity index (χ1n) is 7.86. The highest BCUT2D eigenvalue weighted by Gasteiger charge is 2.39. The standard InChI is InChI=1S/C15H26N2OS/c1-2-12-3-5-13(6-4-12)16-14-17-15(11-19-14)7-9-18-10-8-15/h12-13H,2-11H2,1H3,(H,16,17). The largest absolute Gasteiger partial charge is 0.381 e. The minimum absolute atomic E-state index is 0.294. The number of ether oxygens (including phenoxy) is 1. The van der Waals surface area contributed by atoms with E-state index in [0.717, 1.165) is 32.0 Å². The van der Waals surface area contributed by atoms with Crippen molar-refractivity contribution in [1.29, 1.82) is 0 Å². The maximum absolute atomic E-state index is 5.48. The van der Waals surface area contributed by atoms with Gasteiger partial charge in [0, 0.05) is 19.0 Å². The van der Waals surface area contributed by atoms with Crippen molar-refractivity contribution in [2.24, 2.45) is 10.9 Å². The van der Waals surface area contributed by atoms with Gasteiger partial charge in [0.1, 0.15) is 0 Å². The number of nitrogens with one attached hydrogen (secondary N) is 1. The predicted molar refractivity (Wildman–Crippen MR) is 81.8 cm³/mol. The van der Waals surface area contributed by atoms with Crippen LogP contribution >= 0.6 is 11.8 Å². The predicted octanol–water partition coefficient (Wildman–Crippen LogP) is 3.20. The van der Waals surface area contributed by atoms with Gasteiger partial charge in [-0.1, -0.05) is 25.1 Å². The molecule has 3 fully saturated rings. The Morgan fingerprint density at radius 3 is 2.68 bits per heavy atom. The molecule has 1 aliphatic carbocycles. The number of thioether (sulfide) groups is 1. The van der Waals surface area contributed by atoms with E-state index >= 15 is 0 Å². The molecule has 0 aromatic heterocycles. The molecule has 3 nitrogen and oxygen atoms in total. The van der Waals surface area contributed by atoms with Crippen LogP contribution in [-0.2, 0) is 4.74 Å². The molecule has 0 atom stereocenters. The zero-order valence-corrected chi connectivity index (χ0v) is 12.8. The van der Waals surface area contributed by atoms with Crippen molar-refractivity contribution >= 4 is 16.9 Å². The van der Waals surface area contributed by atoms with Crippen molar-refractivity contribution in [3.8, 4) is 0 Å². The van der Waals surface area contributed by atoms with Crippen molar-refractivity contribution < 1.29 is 4.74 Å². The maximum atomic E-state index is 5.48. The number of hydrogen-bond acceptors (Lipinski definition) is 3. The van der Waals surface area contributed by atoms with Crippen molar-refractivity contribution in [3.05, 3.63) is 0 Å². The fraction of sp³-hybridized carbons (Fsp3) is 0.933. The van der Waals surface area contributed by atoms with E-state index in [1.54, 1.807) is 0 Å². The van der Waals surface area contributed by atoms with Crippen LogP contribution in [0.4, 0.5) is 0 Å². The van der Waals surface area contributed by atoms with Gasteiger partial charge in [-0.15, -0.1) is 0 Å². The van der Waals surface area contributed by atoms with Crippen LogP contribution in [0.3, 0.4) is 0 Å². The fourth-order valence-corrected chi connectivity index (χ4v) is 4.74. The highest BCUT2D eigenvalue weighted by Crippen LogP contribution is 2.34. The van der Waals surface area contributed by atoms with Crippen LogP contribution in [0, 0.1) is 5.92 Å². The summed E-state index contributed by atoms with van der Waals surface area (Å²) in [5, 5.41) is 4.92. The molecule has 0 aromatic rings.